The number of carbonyl (C=O) groups is 1. The van der Waals surface area contributed by atoms with Gasteiger partial charge >= 0.3 is 0 Å². The number of benzene rings is 2. The molecule has 5 nitrogen and oxygen atoms in total. The average molecular weight is 435 g/mol. The normalized spacial score (nSPS) is 12.2. The van der Waals surface area contributed by atoms with Crippen molar-refractivity contribution in [3.63, 3.8) is 0 Å². The number of nitrogens with zero attached hydrogens (tertiary/aromatic N) is 1. The molecular weight excluding hydrogens is 419 g/mol. The first-order chi connectivity index (χ1) is 13.6. The van der Waals surface area contributed by atoms with Gasteiger partial charge in [0.25, 0.3) is 0 Å². The van der Waals surface area contributed by atoms with E-state index in [4.69, 9.17) is 32.7 Å². The highest BCUT2D eigenvalue weighted by Gasteiger charge is 2.14. The Morgan fingerprint density at radius 3 is 2.75 bits per heavy atom. The molecule has 4 rings (SSSR count). The highest BCUT2D eigenvalue weighted by atomic mass is 35.5. The molecule has 0 fully saturated rings. The van der Waals surface area contributed by atoms with E-state index < -0.39 is 0 Å². The standard InChI is InChI=1S/C20H16Cl2N2O3S/c21-15-2-1-3-16(22)14(15)9-13-10-23-20(28-13)24-19(25)7-5-12-4-6-17-18(8-12)27-11-26-17/h1-4,6,8,10H,5,7,9,11H2,(H,23,24,25). The largest absolute Gasteiger partial charge is 0.454 e. The van der Waals surface area contributed by atoms with Crippen LogP contribution in [0.25, 0.3) is 0 Å². The van der Waals surface area contributed by atoms with E-state index in [1.54, 1.807) is 6.20 Å². The van der Waals surface area contributed by atoms with Crippen molar-refractivity contribution in [2.45, 2.75) is 19.3 Å². The maximum Gasteiger partial charge on any atom is 0.231 e. The van der Waals surface area contributed by atoms with Crippen LogP contribution in [-0.2, 0) is 17.6 Å². The topological polar surface area (TPSA) is 60.5 Å². The molecule has 0 bridgehead atoms. The van der Waals surface area contributed by atoms with Crippen LogP contribution in [0.2, 0.25) is 10.0 Å². The molecule has 0 spiro atoms. The third kappa shape index (κ3) is 4.41. The van der Waals surface area contributed by atoms with Gasteiger partial charge in [0.05, 0.1) is 0 Å². The lowest BCUT2D eigenvalue weighted by Crippen LogP contribution is -2.12. The van der Waals surface area contributed by atoms with Crippen LogP contribution >= 0.6 is 34.5 Å². The predicted molar refractivity (Wildman–Crippen MR) is 111 cm³/mol. The van der Waals surface area contributed by atoms with E-state index in [0.717, 1.165) is 27.5 Å². The molecule has 28 heavy (non-hydrogen) atoms. The number of carbonyl (C=O) groups excluding carboxylic acids is 1. The third-order valence-corrected chi connectivity index (χ3v) is 5.91. The van der Waals surface area contributed by atoms with Crippen LogP contribution in [0.4, 0.5) is 5.13 Å². The number of aryl methyl sites for hydroxylation is 1. The molecule has 1 aliphatic heterocycles. The minimum atomic E-state index is -0.0886. The van der Waals surface area contributed by atoms with Crippen LogP contribution < -0.4 is 14.8 Å². The van der Waals surface area contributed by atoms with Crippen molar-refractivity contribution in [3.05, 3.63) is 68.6 Å². The van der Waals surface area contributed by atoms with Gasteiger partial charge in [-0.15, -0.1) is 11.3 Å². The van der Waals surface area contributed by atoms with E-state index in [2.05, 4.69) is 10.3 Å². The molecule has 1 aromatic heterocycles. The fourth-order valence-corrected chi connectivity index (χ4v) is 4.23. The maximum atomic E-state index is 12.3. The molecule has 1 aliphatic rings. The van der Waals surface area contributed by atoms with E-state index in [9.17, 15) is 4.79 Å². The Hall–Kier alpha value is -2.28. The summed E-state index contributed by atoms with van der Waals surface area (Å²) in [7, 11) is 0. The summed E-state index contributed by atoms with van der Waals surface area (Å²) in [6.07, 6.45) is 3.27. The second kappa shape index (κ2) is 8.39. The minimum Gasteiger partial charge on any atom is -0.454 e. The van der Waals surface area contributed by atoms with Crippen molar-refractivity contribution in [1.82, 2.24) is 4.98 Å². The number of halogens is 2. The van der Waals surface area contributed by atoms with Gasteiger partial charge in [-0.3, -0.25) is 4.79 Å². The van der Waals surface area contributed by atoms with Gasteiger partial charge < -0.3 is 14.8 Å². The Morgan fingerprint density at radius 1 is 1.14 bits per heavy atom. The summed E-state index contributed by atoms with van der Waals surface area (Å²) in [6, 6.07) is 11.1. The van der Waals surface area contributed by atoms with Crippen molar-refractivity contribution in [1.29, 1.82) is 0 Å². The number of aromatic nitrogens is 1. The molecule has 2 aromatic carbocycles. The average Bonchev–Trinajstić information content (AvgIpc) is 3.32. The zero-order valence-electron chi connectivity index (χ0n) is 14.7. The minimum absolute atomic E-state index is 0.0886. The van der Waals surface area contributed by atoms with Crippen molar-refractivity contribution in [2.24, 2.45) is 0 Å². The van der Waals surface area contributed by atoms with Crippen molar-refractivity contribution < 1.29 is 14.3 Å². The fraction of sp³-hybridized carbons (Fsp3) is 0.200. The maximum absolute atomic E-state index is 12.3. The van der Waals surface area contributed by atoms with Crippen molar-refractivity contribution >= 4 is 45.6 Å². The van der Waals surface area contributed by atoms with Gasteiger partial charge in [-0.05, 0) is 41.8 Å². The lowest BCUT2D eigenvalue weighted by molar-refractivity contribution is -0.116. The first-order valence-corrected chi connectivity index (χ1v) is 10.2. The third-order valence-electron chi connectivity index (χ3n) is 4.29. The smallest absolute Gasteiger partial charge is 0.231 e. The lowest BCUT2D eigenvalue weighted by atomic mass is 10.1. The number of fused-ring (bicyclic) bond motifs is 1. The van der Waals surface area contributed by atoms with E-state index in [0.29, 0.717) is 34.4 Å². The quantitative estimate of drug-likeness (QED) is 0.568. The fourth-order valence-electron chi connectivity index (χ4n) is 2.86. The van der Waals surface area contributed by atoms with Gasteiger partial charge in [0.2, 0.25) is 12.7 Å². The van der Waals surface area contributed by atoms with Gasteiger partial charge in [-0.25, -0.2) is 4.98 Å². The zero-order valence-corrected chi connectivity index (χ0v) is 17.0. The summed E-state index contributed by atoms with van der Waals surface area (Å²) in [5.41, 5.74) is 1.88. The number of thiazole rings is 1. The van der Waals surface area contributed by atoms with Gasteiger partial charge in [-0.1, -0.05) is 35.3 Å². The first-order valence-electron chi connectivity index (χ1n) is 8.64. The summed E-state index contributed by atoms with van der Waals surface area (Å²) in [4.78, 5) is 17.5. The summed E-state index contributed by atoms with van der Waals surface area (Å²) < 4.78 is 10.7. The molecule has 0 saturated heterocycles. The van der Waals surface area contributed by atoms with E-state index >= 15 is 0 Å². The molecule has 0 unspecified atom stereocenters. The number of hydrogen-bond donors (Lipinski definition) is 1. The molecule has 3 aromatic rings. The highest BCUT2D eigenvalue weighted by molar-refractivity contribution is 7.15. The number of nitrogens with one attached hydrogen (secondary N) is 1. The predicted octanol–water partition coefficient (Wildman–Crippen LogP) is 5.34. The summed E-state index contributed by atoms with van der Waals surface area (Å²) >= 11 is 13.9. The number of rotatable bonds is 6. The van der Waals surface area contributed by atoms with Crippen LogP contribution in [0.3, 0.4) is 0 Å². The zero-order chi connectivity index (χ0) is 19.5. The summed E-state index contributed by atoms with van der Waals surface area (Å²) in [6.45, 7) is 0.241. The Morgan fingerprint density at radius 2 is 1.93 bits per heavy atom. The summed E-state index contributed by atoms with van der Waals surface area (Å²) in [5, 5.41) is 4.65. The van der Waals surface area contributed by atoms with Crippen LogP contribution in [0, 0.1) is 0 Å². The van der Waals surface area contributed by atoms with Gasteiger partial charge in [0, 0.05) is 34.0 Å². The van der Waals surface area contributed by atoms with Gasteiger partial charge in [0.1, 0.15) is 0 Å². The number of hydrogen-bond acceptors (Lipinski definition) is 5. The monoisotopic (exact) mass is 434 g/mol. The SMILES string of the molecule is O=C(CCc1ccc2c(c1)OCO2)Nc1ncc(Cc2c(Cl)cccc2Cl)s1. The Kier molecular flexibility index (Phi) is 5.71. The van der Waals surface area contributed by atoms with Crippen LogP contribution in [0.5, 0.6) is 11.5 Å². The number of ether oxygens (including phenoxy) is 2. The number of anilines is 1. The molecule has 0 saturated carbocycles. The molecular formula is C20H16Cl2N2O3S. The molecule has 2 heterocycles. The van der Waals surface area contributed by atoms with Crippen LogP contribution in [-0.4, -0.2) is 17.7 Å². The van der Waals surface area contributed by atoms with Crippen molar-refractivity contribution in [3.8, 4) is 11.5 Å². The van der Waals surface area contributed by atoms with Crippen LogP contribution in [0.15, 0.2) is 42.6 Å². The van der Waals surface area contributed by atoms with Gasteiger partial charge in [-0.2, -0.15) is 0 Å². The Bertz CT molecular complexity index is 1000. The van der Waals surface area contributed by atoms with E-state index in [-0.39, 0.29) is 12.7 Å². The Labute approximate surface area is 176 Å². The van der Waals surface area contributed by atoms with E-state index in [1.807, 2.05) is 36.4 Å². The first kappa shape index (κ1) is 19.1. The summed E-state index contributed by atoms with van der Waals surface area (Å²) in [5.74, 6) is 1.37. The van der Waals surface area contributed by atoms with E-state index in [1.165, 1.54) is 11.3 Å². The Balaban J connectivity index is 1.33. The molecule has 144 valence electrons. The number of amides is 1. The molecule has 0 atom stereocenters. The lowest BCUT2D eigenvalue weighted by Gasteiger charge is -2.05. The highest BCUT2D eigenvalue weighted by Crippen LogP contribution is 2.33. The molecule has 8 heteroatoms. The molecule has 1 N–H and O–H groups in total. The molecule has 1 amide bonds. The van der Waals surface area contributed by atoms with Crippen LogP contribution in [0.1, 0.15) is 22.4 Å². The molecule has 0 radical (unpaired) electrons. The van der Waals surface area contributed by atoms with Gasteiger partial charge in [0.15, 0.2) is 16.6 Å². The second-order valence-electron chi connectivity index (χ2n) is 6.24. The molecule has 0 aliphatic carbocycles. The second-order valence-corrected chi connectivity index (χ2v) is 8.17. The van der Waals surface area contributed by atoms with Crippen molar-refractivity contribution in [2.75, 3.05) is 12.1 Å².